The molecule has 1 atom stereocenters. The van der Waals surface area contributed by atoms with Gasteiger partial charge in [-0.25, -0.2) is 4.98 Å². The van der Waals surface area contributed by atoms with E-state index in [0.29, 0.717) is 30.8 Å². The largest absolute Gasteiger partial charge is 0.381 e. The van der Waals surface area contributed by atoms with Crippen LogP contribution in [0.3, 0.4) is 0 Å². The molecule has 1 saturated heterocycles. The Morgan fingerprint density at radius 1 is 1.33 bits per heavy atom. The first-order chi connectivity index (χ1) is 11.5. The van der Waals surface area contributed by atoms with Gasteiger partial charge in [-0.05, 0) is 12.3 Å². The first kappa shape index (κ1) is 16.6. The maximum absolute atomic E-state index is 5.88. The minimum absolute atomic E-state index is 0.273. The maximum atomic E-state index is 5.88. The van der Waals surface area contributed by atoms with Crippen molar-refractivity contribution >= 4 is 11.8 Å². The zero-order chi connectivity index (χ0) is 17.1. The first-order valence-corrected chi connectivity index (χ1v) is 8.26. The highest BCUT2D eigenvalue weighted by atomic mass is 16.5. The minimum Gasteiger partial charge on any atom is -0.381 e. The van der Waals surface area contributed by atoms with Crippen LogP contribution in [-0.4, -0.2) is 40.4 Å². The van der Waals surface area contributed by atoms with E-state index >= 15 is 0 Å². The van der Waals surface area contributed by atoms with Crippen LogP contribution in [-0.2, 0) is 17.7 Å². The third-order valence-corrected chi connectivity index (χ3v) is 3.96. The standard InChI is InChI=1S/C16H24N6O2/c1-10(2)6-15-19-13(21-24-15)8-22(3)14-7-12(18-16(17)20-14)11-4-5-23-9-11/h7,10-11H,4-6,8-9H2,1-3H3,(H2,17,18,20)/t11-/m0/s1. The Morgan fingerprint density at radius 2 is 2.17 bits per heavy atom. The number of nitrogens with two attached hydrogens (primary N) is 1. The molecule has 0 bridgehead atoms. The van der Waals surface area contributed by atoms with Gasteiger partial charge in [0.15, 0.2) is 5.82 Å². The van der Waals surface area contributed by atoms with Gasteiger partial charge in [-0.1, -0.05) is 19.0 Å². The van der Waals surface area contributed by atoms with Crippen LogP contribution >= 0.6 is 0 Å². The van der Waals surface area contributed by atoms with Gasteiger partial charge < -0.3 is 19.9 Å². The lowest BCUT2D eigenvalue weighted by Crippen LogP contribution is -2.20. The van der Waals surface area contributed by atoms with Gasteiger partial charge in [0.1, 0.15) is 5.82 Å². The second kappa shape index (κ2) is 7.12. The molecule has 1 aliphatic rings. The molecular formula is C16H24N6O2. The summed E-state index contributed by atoms with van der Waals surface area (Å²) in [6.45, 7) is 6.19. The molecule has 8 heteroatoms. The lowest BCUT2D eigenvalue weighted by atomic mass is 10.0. The maximum Gasteiger partial charge on any atom is 0.226 e. The van der Waals surface area contributed by atoms with Crippen molar-refractivity contribution in [2.24, 2.45) is 5.92 Å². The van der Waals surface area contributed by atoms with Gasteiger partial charge >= 0.3 is 0 Å². The Morgan fingerprint density at radius 3 is 2.88 bits per heavy atom. The van der Waals surface area contributed by atoms with Gasteiger partial charge in [0, 0.05) is 32.1 Å². The van der Waals surface area contributed by atoms with Crippen molar-refractivity contribution in [3.63, 3.8) is 0 Å². The Labute approximate surface area is 141 Å². The molecule has 8 nitrogen and oxygen atoms in total. The van der Waals surface area contributed by atoms with Gasteiger partial charge in [-0.2, -0.15) is 9.97 Å². The minimum atomic E-state index is 0.273. The Bertz CT molecular complexity index is 681. The molecule has 0 radical (unpaired) electrons. The predicted octanol–water partition coefficient (Wildman–Crippen LogP) is 1.78. The summed E-state index contributed by atoms with van der Waals surface area (Å²) in [6.07, 6.45) is 1.74. The molecule has 2 N–H and O–H groups in total. The Balaban J connectivity index is 1.72. The summed E-state index contributed by atoms with van der Waals surface area (Å²) >= 11 is 0. The van der Waals surface area contributed by atoms with E-state index in [1.807, 2.05) is 18.0 Å². The zero-order valence-electron chi connectivity index (χ0n) is 14.4. The number of rotatable bonds is 6. The highest BCUT2D eigenvalue weighted by molar-refractivity contribution is 5.43. The summed E-state index contributed by atoms with van der Waals surface area (Å²) in [6, 6.07) is 1.96. The van der Waals surface area contributed by atoms with Crippen LogP contribution < -0.4 is 10.6 Å². The third-order valence-electron chi connectivity index (χ3n) is 3.96. The molecule has 0 spiro atoms. The van der Waals surface area contributed by atoms with Crippen molar-refractivity contribution in [1.29, 1.82) is 0 Å². The fourth-order valence-electron chi connectivity index (χ4n) is 2.72. The van der Waals surface area contributed by atoms with E-state index < -0.39 is 0 Å². The number of hydrogen-bond acceptors (Lipinski definition) is 8. The van der Waals surface area contributed by atoms with E-state index in [9.17, 15) is 0 Å². The number of hydrogen-bond donors (Lipinski definition) is 1. The molecule has 1 aliphatic heterocycles. The lowest BCUT2D eigenvalue weighted by Gasteiger charge is -2.18. The summed E-state index contributed by atoms with van der Waals surface area (Å²) < 4.78 is 10.7. The van der Waals surface area contributed by atoms with Crippen LogP contribution in [0.4, 0.5) is 11.8 Å². The summed E-state index contributed by atoms with van der Waals surface area (Å²) in [5, 5.41) is 4.03. The van der Waals surface area contributed by atoms with Crippen molar-refractivity contribution in [1.82, 2.24) is 20.1 Å². The summed E-state index contributed by atoms with van der Waals surface area (Å²) in [4.78, 5) is 15.0. The molecule has 1 fully saturated rings. The van der Waals surface area contributed by atoms with Crippen molar-refractivity contribution in [2.75, 3.05) is 30.9 Å². The van der Waals surface area contributed by atoms with E-state index in [1.54, 1.807) is 0 Å². The summed E-state index contributed by atoms with van der Waals surface area (Å²) in [7, 11) is 1.93. The first-order valence-electron chi connectivity index (χ1n) is 8.26. The predicted molar refractivity (Wildman–Crippen MR) is 89.6 cm³/mol. The quantitative estimate of drug-likeness (QED) is 0.854. The van der Waals surface area contributed by atoms with Crippen molar-refractivity contribution in [3.05, 3.63) is 23.5 Å². The molecule has 0 unspecified atom stereocenters. The molecule has 0 aromatic carbocycles. The third kappa shape index (κ3) is 4.00. The van der Waals surface area contributed by atoms with Crippen molar-refractivity contribution < 1.29 is 9.26 Å². The van der Waals surface area contributed by atoms with Gasteiger partial charge in [0.25, 0.3) is 0 Å². The summed E-state index contributed by atoms with van der Waals surface area (Å²) in [5.74, 6) is 3.09. The van der Waals surface area contributed by atoms with E-state index in [0.717, 1.165) is 31.0 Å². The van der Waals surface area contributed by atoms with Crippen LogP contribution in [0.25, 0.3) is 0 Å². The highest BCUT2D eigenvalue weighted by Gasteiger charge is 2.21. The fourth-order valence-corrected chi connectivity index (χ4v) is 2.72. The lowest BCUT2D eigenvalue weighted by molar-refractivity contribution is 0.193. The zero-order valence-corrected chi connectivity index (χ0v) is 14.4. The molecule has 24 heavy (non-hydrogen) atoms. The molecule has 2 aromatic rings. The molecule has 3 rings (SSSR count). The van der Waals surface area contributed by atoms with Gasteiger partial charge in [0.05, 0.1) is 18.8 Å². The fraction of sp³-hybridized carbons (Fsp3) is 0.625. The van der Waals surface area contributed by atoms with Crippen molar-refractivity contribution in [2.45, 2.75) is 39.2 Å². The molecule has 0 amide bonds. The topological polar surface area (TPSA) is 103 Å². The molecule has 130 valence electrons. The molecule has 0 saturated carbocycles. The SMILES string of the molecule is CC(C)Cc1nc(CN(C)c2cc([C@H]3CCOC3)nc(N)n2)no1. The number of nitrogens with zero attached hydrogens (tertiary/aromatic N) is 5. The molecule has 2 aromatic heterocycles. The van der Waals surface area contributed by atoms with E-state index in [1.165, 1.54) is 0 Å². The van der Waals surface area contributed by atoms with Crippen LogP contribution in [0.5, 0.6) is 0 Å². The molecule has 0 aliphatic carbocycles. The van der Waals surface area contributed by atoms with Gasteiger partial charge in [-0.15, -0.1) is 0 Å². The Hall–Kier alpha value is -2.22. The monoisotopic (exact) mass is 332 g/mol. The molecular weight excluding hydrogens is 308 g/mol. The highest BCUT2D eigenvalue weighted by Crippen LogP contribution is 2.26. The van der Waals surface area contributed by atoms with Crippen LogP contribution in [0.15, 0.2) is 10.6 Å². The van der Waals surface area contributed by atoms with Gasteiger partial charge in [-0.3, -0.25) is 0 Å². The summed E-state index contributed by atoms with van der Waals surface area (Å²) in [5.41, 5.74) is 6.80. The van der Waals surface area contributed by atoms with Crippen LogP contribution in [0.1, 0.15) is 43.6 Å². The number of ether oxygens (including phenoxy) is 1. The van der Waals surface area contributed by atoms with Crippen LogP contribution in [0, 0.1) is 5.92 Å². The van der Waals surface area contributed by atoms with Crippen molar-refractivity contribution in [3.8, 4) is 0 Å². The average Bonchev–Trinajstić information content (AvgIpc) is 3.18. The second-order valence-electron chi connectivity index (χ2n) is 6.63. The van der Waals surface area contributed by atoms with Gasteiger partial charge in [0.2, 0.25) is 11.8 Å². The number of nitrogen functional groups attached to an aromatic ring is 1. The number of aromatic nitrogens is 4. The van der Waals surface area contributed by atoms with E-state index in [2.05, 4.69) is 34.0 Å². The van der Waals surface area contributed by atoms with E-state index in [4.69, 9.17) is 15.0 Å². The molecule has 3 heterocycles. The average molecular weight is 332 g/mol. The van der Waals surface area contributed by atoms with Crippen LogP contribution in [0.2, 0.25) is 0 Å². The second-order valence-corrected chi connectivity index (χ2v) is 6.63. The van der Waals surface area contributed by atoms with E-state index in [-0.39, 0.29) is 11.9 Å². The Kier molecular flexibility index (Phi) is 4.94. The normalized spacial score (nSPS) is 17.6. The smallest absolute Gasteiger partial charge is 0.226 e. The number of anilines is 2.